The summed E-state index contributed by atoms with van der Waals surface area (Å²) in [5.74, 6) is -5.11. The van der Waals surface area contributed by atoms with Crippen molar-refractivity contribution >= 4 is 40.2 Å². The third kappa shape index (κ3) is 13.1. The molecule has 6 rings (SSSR count). The van der Waals surface area contributed by atoms with Crippen LogP contribution < -0.4 is 26.6 Å². The van der Waals surface area contributed by atoms with Crippen molar-refractivity contribution in [1.29, 1.82) is 0 Å². The molecule has 1 aliphatic rings. The minimum atomic E-state index is -5.19. The van der Waals surface area contributed by atoms with Gasteiger partial charge in [0.2, 0.25) is 11.5 Å². The quantitative estimate of drug-likeness (QED) is 0.0490. The van der Waals surface area contributed by atoms with Gasteiger partial charge in [-0.1, -0.05) is 48.5 Å². The van der Waals surface area contributed by atoms with Gasteiger partial charge in [0.05, 0.1) is 50.2 Å². The smallest absolute Gasteiger partial charge is 0.430 e. The van der Waals surface area contributed by atoms with E-state index in [0.717, 1.165) is 59.2 Å². The number of aliphatic hydroxyl groups excluding tert-OH is 1. The summed E-state index contributed by atoms with van der Waals surface area (Å²) in [6.45, 7) is 2.13. The van der Waals surface area contributed by atoms with Crippen molar-refractivity contribution in [3.63, 3.8) is 0 Å². The number of carbonyl (C=O) groups excluding carboxylic acids is 3. The summed E-state index contributed by atoms with van der Waals surface area (Å²) in [6, 6.07) is 22.9. The number of benzene rings is 4. The number of carbonyl (C=O) groups is 3. The number of fused-ring (bicyclic) bond motifs is 1. The zero-order valence-electron chi connectivity index (χ0n) is 33.8. The van der Waals surface area contributed by atoms with Crippen molar-refractivity contribution in [3.8, 4) is 16.9 Å². The Balaban J connectivity index is 0.000000955. The second kappa shape index (κ2) is 20.5. The highest BCUT2D eigenvalue weighted by Gasteiger charge is 2.29. The molecule has 0 saturated carbocycles. The molecule has 1 fully saturated rings. The number of phenolic OH excluding ortho intramolecular Hbond substituents is 1. The Hall–Kier alpha value is -6.37. The van der Waals surface area contributed by atoms with Crippen LogP contribution in [0, 0.1) is 11.6 Å². The number of aromatic amines is 1. The zero-order chi connectivity index (χ0) is 45.2. The molecular formula is C44H46F5N5O8. The van der Waals surface area contributed by atoms with Crippen molar-refractivity contribution in [2.45, 2.75) is 50.5 Å². The second-order valence-corrected chi connectivity index (χ2v) is 15.4. The number of amides is 2. The molecular weight excluding hydrogens is 822 g/mol. The van der Waals surface area contributed by atoms with Gasteiger partial charge in [0, 0.05) is 48.9 Å². The Morgan fingerprint density at radius 2 is 1.60 bits per heavy atom. The Bertz CT molecular complexity index is 2440. The predicted molar refractivity (Wildman–Crippen MR) is 219 cm³/mol. The molecule has 1 atom stereocenters. The van der Waals surface area contributed by atoms with E-state index in [4.69, 9.17) is 14.6 Å². The van der Waals surface area contributed by atoms with Crippen LogP contribution in [-0.2, 0) is 27.2 Å². The lowest BCUT2D eigenvalue weighted by atomic mass is 9.99. The maximum atomic E-state index is 15.1. The number of anilines is 2. The number of halogens is 5. The van der Waals surface area contributed by atoms with Gasteiger partial charge in [-0.2, -0.15) is 13.2 Å². The number of piperidine rings is 1. The van der Waals surface area contributed by atoms with Crippen molar-refractivity contribution in [1.82, 2.24) is 10.3 Å². The summed E-state index contributed by atoms with van der Waals surface area (Å²) in [5, 5.41) is 38.5. The first kappa shape index (κ1) is 46.7. The van der Waals surface area contributed by atoms with Gasteiger partial charge in [0.25, 0.3) is 0 Å². The number of rotatable bonds is 13. The number of ether oxygens (including phenoxy) is 1. The number of nitrogens with one attached hydrogen (secondary N) is 4. The molecule has 0 unspecified atom stereocenters. The molecule has 4 aromatic carbocycles. The van der Waals surface area contributed by atoms with Crippen LogP contribution in [-0.4, -0.2) is 90.2 Å². The molecule has 330 valence electrons. The van der Waals surface area contributed by atoms with Crippen molar-refractivity contribution in [3.05, 3.63) is 124 Å². The lowest BCUT2D eigenvalue weighted by molar-refractivity contribution is -0.896. The molecule has 18 heteroatoms. The largest absolute Gasteiger partial charge is 0.542 e. The molecule has 1 saturated heterocycles. The van der Waals surface area contributed by atoms with Gasteiger partial charge in [-0.05, 0) is 65.9 Å². The number of hydrogen-bond donors (Lipinski definition) is 6. The van der Waals surface area contributed by atoms with Crippen LogP contribution in [0.2, 0.25) is 0 Å². The number of hydrogen-bond acceptors (Lipinski definition) is 9. The number of aromatic hydroxyl groups is 1. The third-order valence-electron chi connectivity index (χ3n) is 10.2. The molecule has 6 N–H and O–H groups in total. The summed E-state index contributed by atoms with van der Waals surface area (Å²) in [5.41, 5.74) is 3.11. The number of aryl methyl sites for hydroxylation is 1. The SMILES string of the molecule is C[N+]1(C)CCC(OC(=O)Nc2cc(CCC(=O)Nc3cc(F)c(CCNC[C@H](O)c4ccc(O)c5[nH]c(=O)ccc45)cc3F)ccc2-c2ccccc2)CC1.O=C([O-])C(F)(F)F. The maximum absolute atomic E-state index is 15.1. The van der Waals surface area contributed by atoms with E-state index in [1.165, 1.54) is 18.2 Å². The van der Waals surface area contributed by atoms with E-state index in [9.17, 15) is 37.8 Å². The van der Waals surface area contributed by atoms with E-state index in [2.05, 4.69) is 35.0 Å². The van der Waals surface area contributed by atoms with E-state index in [-0.39, 0.29) is 66.5 Å². The van der Waals surface area contributed by atoms with E-state index in [1.54, 1.807) is 12.1 Å². The van der Waals surface area contributed by atoms with E-state index >= 15 is 8.78 Å². The number of likely N-dealkylation sites (tertiary alicyclic amines) is 1. The maximum Gasteiger partial charge on any atom is 0.430 e. The lowest BCUT2D eigenvalue weighted by Gasteiger charge is -2.36. The highest BCUT2D eigenvalue weighted by Crippen LogP contribution is 2.31. The monoisotopic (exact) mass is 867 g/mol. The second-order valence-electron chi connectivity index (χ2n) is 15.4. The normalized spacial score (nSPS) is 14.3. The van der Waals surface area contributed by atoms with Gasteiger partial charge in [0.1, 0.15) is 29.5 Å². The summed E-state index contributed by atoms with van der Waals surface area (Å²) < 4.78 is 68.3. The fourth-order valence-corrected chi connectivity index (χ4v) is 6.84. The summed E-state index contributed by atoms with van der Waals surface area (Å²) in [6.07, 6.45) is -4.98. The summed E-state index contributed by atoms with van der Waals surface area (Å²) in [4.78, 5) is 48.9. The molecule has 62 heavy (non-hydrogen) atoms. The fourth-order valence-electron chi connectivity index (χ4n) is 6.84. The van der Waals surface area contributed by atoms with Crippen molar-refractivity contribution in [2.24, 2.45) is 0 Å². The first-order valence-corrected chi connectivity index (χ1v) is 19.6. The van der Waals surface area contributed by atoms with Crippen LogP contribution in [0.1, 0.15) is 42.1 Å². The average Bonchev–Trinajstić information content (AvgIpc) is 3.21. The van der Waals surface area contributed by atoms with Crippen LogP contribution >= 0.6 is 0 Å². The summed E-state index contributed by atoms with van der Waals surface area (Å²) in [7, 11) is 4.32. The number of carboxylic acids is 1. The molecule has 2 amide bonds. The van der Waals surface area contributed by atoms with Gasteiger partial charge in [-0.15, -0.1) is 0 Å². The van der Waals surface area contributed by atoms with E-state index < -0.39 is 41.9 Å². The number of nitrogens with zero attached hydrogens (tertiary/aromatic N) is 1. The molecule has 1 aromatic heterocycles. The van der Waals surface area contributed by atoms with Crippen LogP contribution in [0.5, 0.6) is 5.75 Å². The zero-order valence-corrected chi connectivity index (χ0v) is 33.8. The number of alkyl halides is 3. The van der Waals surface area contributed by atoms with Crippen molar-refractivity contribution < 1.29 is 60.9 Å². The Morgan fingerprint density at radius 3 is 2.27 bits per heavy atom. The molecule has 2 heterocycles. The number of carboxylic acid groups (broad SMARTS) is 1. The number of phenols is 1. The lowest BCUT2D eigenvalue weighted by Crippen LogP contribution is -2.48. The Kier molecular flexibility index (Phi) is 15.4. The standard InChI is InChI=1S/C42H45F2N5O6.C2HF3O2/c1-49(2)20-17-29(18-21-49)55-42(54)47-35-22-26(8-10-30(35)27-6-4-3-5-7-27)9-14-39(52)46-36-24-33(43)28(23-34(36)44)16-19-45-25-38(51)31-11-13-37(50)41-32(31)12-15-40(53)48-41;3-2(4,5)1(6)7/h3-8,10-13,15,22-24,29,38,45,51H,9,14,16-21,25H2,1-2H3,(H3-,46,47,48,50,52,53,54);(H,6,7)/t38-;/m0./s1. The Morgan fingerprint density at radius 1 is 0.903 bits per heavy atom. The number of H-pyrrole nitrogens is 1. The molecule has 5 aromatic rings. The number of pyridine rings is 1. The van der Waals surface area contributed by atoms with Gasteiger partial charge < -0.3 is 45.0 Å². The summed E-state index contributed by atoms with van der Waals surface area (Å²) >= 11 is 0. The molecule has 1 aliphatic heterocycles. The van der Waals surface area contributed by atoms with Crippen LogP contribution in [0.3, 0.4) is 0 Å². The molecule has 0 radical (unpaired) electrons. The molecule has 13 nitrogen and oxygen atoms in total. The van der Waals surface area contributed by atoms with Gasteiger partial charge in [0.15, 0.2) is 0 Å². The minimum Gasteiger partial charge on any atom is -0.542 e. The van der Waals surface area contributed by atoms with Crippen molar-refractivity contribution in [2.75, 3.05) is 50.9 Å². The van der Waals surface area contributed by atoms with E-state index in [1.807, 2.05) is 42.5 Å². The first-order valence-electron chi connectivity index (χ1n) is 19.6. The first-order chi connectivity index (χ1) is 29.3. The number of aromatic nitrogens is 1. The van der Waals surface area contributed by atoms with Gasteiger partial charge >= 0.3 is 12.3 Å². The number of aliphatic carboxylic acids is 1. The van der Waals surface area contributed by atoms with Gasteiger partial charge in [-0.3, -0.25) is 14.9 Å². The highest BCUT2D eigenvalue weighted by atomic mass is 19.4. The number of aliphatic hydroxyl groups is 1. The Labute approximate surface area is 352 Å². The minimum absolute atomic E-state index is 0.0217. The van der Waals surface area contributed by atoms with Gasteiger partial charge in [-0.25, -0.2) is 13.6 Å². The number of quaternary nitrogens is 1. The van der Waals surface area contributed by atoms with Crippen LogP contribution in [0.15, 0.2) is 89.7 Å². The molecule has 0 aliphatic carbocycles. The fraction of sp³-hybridized carbons (Fsp3) is 0.318. The predicted octanol–water partition coefficient (Wildman–Crippen LogP) is 5.70. The van der Waals surface area contributed by atoms with Crippen LogP contribution in [0.25, 0.3) is 22.0 Å². The average molecular weight is 868 g/mol. The topological polar surface area (TPSA) is 193 Å². The van der Waals surface area contributed by atoms with Crippen LogP contribution in [0.4, 0.5) is 38.1 Å². The molecule has 0 spiro atoms. The highest BCUT2D eigenvalue weighted by molar-refractivity contribution is 5.93. The molecule has 0 bridgehead atoms. The third-order valence-corrected chi connectivity index (χ3v) is 10.2. The van der Waals surface area contributed by atoms with E-state index in [0.29, 0.717) is 16.6 Å².